The maximum atomic E-state index is 11.8. The van der Waals surface area contributed by atoms with Gasteiger partial charge in [-0.3, -0.25) is 4.79 Å². The van der Waals surface area contributed by atoms with Crippen molar-refractivity contribution < 1.29 is 24.2 Å². The molecule has 0 atom stereocenters. The highest BCUT2D eigenvalue weighted by Gasteiger charge is 2.13. The van der Waals surface area contributed by atoms with E-state index in [0.29, 0.717) is 11.3 Å². The number of benzene rings is 1. The van der Waals surface area contributed by atoms with Crippen LogP contribution in [0.2, 0.25) is 0 Å². The third-order valence-corrected chi connectivity index (χ3v) is 2.48. The van der Waals surface area contributed by atoms with Crippen molar-refractivity contribution in [2.45, 2.75) is 26.4 Å². The van der Waals surface area contributed by atoms with Crippen LogP contribution in [0.5, 0.6) is 5.75 Å². The molecule has 0 fully saturated rings. The van der Waals surface area contributed by atoms with Gasteiger partial charge in [0.2, 0.25) is 0 Å². The second-order valence-corrected chi connectivity index (χ2v) is 4.65. The van der Waals surface area contributed by atoms with Crippen molar-refractivity contribution >= 4 is 18.0 Å². The molecule has 0 radical (unpaired) electrons. The van der Waals surface area contributed by atoms with E-state index in [0.717, 1.165) is 0 Å². The summed E-state index contributed by atoms with van der Waals surface area (Å²) in [6, 6.07) is 8.53. The molecular formula is C16H17NO5. The first-order valence-electron chi connectivity index (χ1n) is 6.70. The minimum Gasteiger partial charge on any atom is -0.492 e. The zero-order chi connectivity index (χ0) is 16.5. The van der Waals surface area contributed by atoms with Crippen LogP contribution in [0.15, 0.2) is 29.8 Å². The molecule has 0 bridgehead atoms. The fraction of sp³-hybridized carbons (Fsp3) is 0.312. The lowest BCUT2D eigenvalue weighted by Crippen LogP contribution is -2.12. The van der Waals surface area contributed by atoms with Gasteiger partial charge in [0.25, 0.3) is 0 Å². The molecule has 0 saturated carbocycles. The van der Waals surface area contributed by atoms with E-state index >= 15 is 0 Å². The normalized spacial score (nSPS) is 10.9. The zero-order valence-electron chi connectivity index (χ0n) is 12.4. The predicted octanol–water partition coefficient (Wildman–Crippen LogP) is 2.40. The van der Waals surface area contributed by atoms with Gasteiger partial charge in [0.15, 0.2) is 0 Å². The highest BCUT2D eigenvalue weighted by molar-refractivity contribution is 5.98. The lowest BCUT2D eigenvalue weighted by molar-refractivity contribution is -0.142. The van der Waals surface area contributed by atoms with Gasteiger partial charge in [-0.05, 0) is 26.0 Å². The van der Waals surface area contributed by atoms with Crippen molar-refractivity contribution in [2.24, 2.45) is 0 Å². The van der Waals surface area contributed by atoms with Crippen LogP contribution in [0.1, 0.15) is 25.8 Å². The van der Waals surface area contributed by atoms with Gasteiger partial charge in [0, 0.05) is 5.56 Å². The SMILES string of the molecule is CC(C)OC(=O)C(C#N)=Cc1ccccc1OCCC(=O)O. The molecular weight excluding hydrogens is 286 g/mol. The van der Waals surface area contributed by atoms with E-state index in [-0.39, 0.29) is 24.7 Å². The first-order valence-corrected chi connectivity index (χ1v) is 6.70. The number of esters is 1. The smallest absolute Gasteiger partial charge is 0.349 e. The van der Waals surface area contributed by atoms with E-state index in [1.807, 2.05) is 0 Å². The van der Waals surface area contributed by atoms with Gasteiger partial charge >= 0.3 is 11.9 Å². The molecule has 0 aliphatic carbocycles. The van der Waals surface area contributed by atoms with Gasteiger partial charge < -0.3 is 14.6 Å². The zero-order valence-corrected chi connectivity index (χ0v) is 12.4. The Hall–Kier alpha value is -2.81. The number of carboxylic acids is 1. The van der Waals surface area contributed by atoms with Gasteiger partial charge in [0.05, 0.1) is 19.1 Å². The lowest BCUT2D eigenvalue weighted by atomic mass is 10.1. The van der Waals surface area contributed by atoms with Crippen LogP contribution in [-0.4, -0.2) is 29.8 Å². The lowest BCUT2D eigenvalue weighted by Gasteiger charge is -2.09. The van der Waals surface area contributed by atoms with Crippen LogP contribution in [-0.2, 0) is 14.3 Å². The molecule has 1 aromatic carbocycles. The van der Waals surface area contributed by atoms with E-state index in [1.165, 1.54) is 6.08 Å². The average Bonchev–Trinajstić information content (AvgIpc) is 2.44. The van der Waals surface area contributed by atoms with Crippen LogP contribution >= 0.6 is 0 Å². The molecule has 0 saturated heterocycles. The van der Waals surface area contributed by atoms with Crippen molar-refractivity contribution in [1.29, 1.82) is 5.26 Å². The molecule has 0 aromatic heterocycles. The summed E-state index contributed by atoms with van der Waals surface area (Å²) in [5.74, 6) is -1.28. The molecule has 0 unspecified atom stereocenters. The topological polar surface area (TPSA) is 96.6 Å². The van der Waals surface area contributed by atoms with Gasteiger partial charge in [-0.15, -0.1) is 0 Å². The van der Waals surface area contributed by atoms with Gasteiger partial charge in [-0.25, -0.2) is 4.79 Å². The number of hydrogen-bond acceptors (Lipinski definition) is 5. The molecule has 6 nitrogen and oxygen atoms in total. The van der Waals surface area contributed by atoms with Crippen LogP contribution in [0.3, 0.4) is 0 Å². The van der Waals surface area contributed by atoms with Gasteiger partial charge in [-0.1, -0.05) is 18.2 Å². The van der Waals surface area contributed by atoms with Crippen molar-refractivity contribution in [3.05, 3.63) is 35.4 Å². The number of rotatable bonds is 7. The largest absolute Gasteiger partial charge is 0.492 e. The summed E-state index contributed by atoms with van der Waals surface area (Å²) in [5, 5.41) is 17.7. The minimum atomic E-state index is -0.966. The van der Waals surface area contributed by atoms with Gasteiger partial charge in [0.1, 0.15) is 17.4 Å². The summed E-state index contributed by atoms with van der Waals surface area (Å²) in [6.45, 7) is 3.38. The maximum Gasteiger partial charge on any atom is 0.349 e. The van der Waals surface area contributed by atoms with Crippen LogP contribution in [0.4, 0.5) is 0 Å². The van der Waals surface area contributed by atoms with E-state index in [9.17, 15) is 9.59 Å². The number of nitriles is 1. The number of nitrogens with zero attached hydrogens (tertiary/aromatic N) is 1. The molecule has 1 aromatic rings. The Balaban J connectivity index is 2.95. The second-order valence-electron chi connectivity index (χ2n) is 4.65. The highest BCUT2D eigenvalue weighted by Crippen LogP contribution is 2.21. The molecule has 1 N–H and O–H groups in total. The van der Waals surface area contributed by atoms with Crippen molar-refractivity contribution in [3.8, 4) is 11.8 Å². The molecule has 0 spiro atoms. The highest BCUT2D eigenvalue weighted by atomic mass is 16.5. The third-order valence-electron chi connectivity index (χ3n) is 2.48. The summed E-state index contributed by atoms with van der Waals surface area (Å²) in [6.07, 6.45) is 0.894. The number of hydrogen-bond donors (Lipinski definition) is 1. The Morgan fingerprint density at radius 2 is 2.05 bits per heavy atom. The first kappa shape index (κ1) is 17.2. The number of para-hydroxylation sites is 1. The quantitative estimate of drug-likeness (QED) is 0.472. The number of carboxylic acid groups (broad SMARTS) is 1. The Kier molecular flexibility index (Phi) is 6.64. The van der Waals surface area contributed by atoms with E-state index < -0.39 is 11.9 Å². The summed E-state index contributed by atoms with van der Waals surface area (Å²) >= 11 is 0. The summed E-state index contributed by atoms with van der Waals surface area (Å²) < 4.78 is 10.3. The molecule has 0 aliphatic rings. The molecule has 6 heteroatoms. The Morgan fingerprint density at radius 1 is 1.36 bits per heavy atom. The summed E-state index contributed by atoms with van der Waals surface area (Å²) in [5.41, 5.74) is 0.355. The third kappa shape index (κ3) is 5.67. The molecule has 0 amide bonds. The molecule has 22 heavy (non-hydrogen) atoms. The van der Waals surface area contributed by atoms with Gasteiger partial charge in [-0.2, -0.15) is 5.26 Å². The molecule has 0 aliphatic heterocycles. The molecule has 116 valence electrons. The maximum absolute atomic E-state index is 11.8. The number of aliphatic carboxylic acids is 1. The average molecular weight is 303 g/mol. The van der Waals surface area contributed by atoms with Crippen LogP contribution in [0, 0.1) is 11.3 Å². The Morgan fingerprint density at radius 3 is 2.64 bits per heavy atom. The second kappa shape index (κ2) is 8.47. The fourth-order valence-electron chi connectivity index (χ4n) is 1.55. The number of ether oxygens (including phenoxy) is 2. The van der Waals surface area contributed by atoms with E-state index in [4.69, 9.17) is 19.8 Å². The van der Waals surface area contributed by atoms with Crippen molar-refractivity contribution in [1.82, 2.24) is 0 Å². The fourth-order valence-corrected chi connectivity index (χ4v) is 1.55. The van der Waals surface area contributed by atoms with Crippen LogP contribution < -0.4 is 4.74 Å². The summed E-state index contributed by atoms with van der Waals surface area (Å²) in [7, 11) is 0. The molecule has 1 rings (SSSR count). The Bertz CT molecular complexity index is 613. The number of carbonyl (C=O) groups excluding carboxylic acids is 1. The van der Waals surface area contributed by atoms with E-state index in [2.05, 4.69) is 0 Å². The summed E-state index contributed by atoms with van der Waals surface area (Å²) in [4.78, 5) is 22.3. The predicted molar refractivity (Wildman–Crippen MR) is 79.0 cm³/mol. The first-order chi connectivity index (χ1) is 10.4. The monoisotopic (exact) mass is 303 g/mol. The van der Waals surface area contributed by atoms with Crippen molar-refractivity contribution in [3.63, 3.8) is 0 Å². The standard InChI is InChI=1S/C16H17NO5/c1-11(2)22-16(20)13(10-17)9-12-5-3-4-6-14(12)21-8-7-15(18)19/h3-6,9,11H,7-8H2,1-2H3,(H,18,19). The molecule has 0 heterocycles. The van der Waals surface area contributed by atoms with Crippen LogP contribution in [0.25, 0.3) is 6.08 Å². The minimum absolute atomic E-state index is 0.00147. The van der Waals surface area contributed by atoms with E-state index in [1.54, 1.807) is 44.2 Å². The van der Waals surface area contributed by atoms with Crippen molar-refractivity contribution in [2.75, 3.05) is 6.61 Å². The Labute approximate surface area is 128 Å². The number of carbonyl (C=O) groups is 2.